The van der Waals surface area contributed by atoms with Crippen LogP contribution in [0, 0.1) is 0 Å². The predicted molar refractivity (Wildman–Crippen MR) is 67.3 cm³/mol. The molecule has 0 aromatic rings. The molecule has 0 saturated heterocycles. The van der Waals surface area contributed by atoms with Gasteiger partial charge >= 0.3 is 5.97 Å². The SMILES string of the molecule is CCCCCCCCOC(=O)CC(C)Br. The molecule has 0 N–H and O–H groups in total. The fraction of sp³-hybridized carbons (Fsp3) is 0.917. The largest absolute Gasteiger partial charge is 0.466 e. The Bertz CT molecular complexity index is 158. The number of hydrogen-bond acceptors (Lipinski definition) is 2. The summed E-state index contributed by atoms with van der Waals surface area (Å²) in [7, 11) is 0. The highest BCUT2D eigenvalue weighted by atomic mass is 79.9. The Kier molecular flexibility index (Phi) is 10.4. The minimum absolute atomic E-state index is 0.0899. The lowest BCUT2D eigenvalue weighted by atomic mass is 10.1. The minimum Gasteiger partial charge on any atom is -0.466 e. The van der Waals surface area contributed by atoms with Crippen LogP contribution in [0.2, 0.25) is 0 Å². The Balaban J connectivity index is 3.13. The molecular weight excluding hydrogens is 256 g/mol. The van der Waals surface area contributed by atoms with Crippen LogP contribution in [0.15, 0.2) is 0 Å². The third-order valence-electron chi connectivity index (χ3n) is 2.21. The summed E-state index contributed by atoms with van der Waals surface area (Å²) in [6.07, 6.45) is 7.82. The highest BCUT2D eigenvalue weighted by Gasteiger charge is 2.06. The molecule has 0 rings (SSSR count). The van der Waals surface area contributed by atoms with E-state index >= 15 is 0 Å². The van der Waals surface area contributed by atoms with Gasteiger partial charge in [-0.3, -0.25) is 4.79 Å². The van der Waals surface area contributed by atoms with Crippen LogP contribution in [-0.4, -0.2) is 17.4 Å². The van der Waals surface area contributed by atoms with E-state index < -0.39 is 0 Å². The number of hydrogen-bond donors (Lipinski definition) is 0. The maximum Gasteiger partial charge on any atom is 0.306 e. The summed E-state index contributed by atoms with van der Waals surface area (Å²) in [5.74, 6) is -0.0899. The summed E-state index contributed by atoms with van der Waals surface area (Å²) in [6.45, 7) is 4.75. The van der Waals surface area contributed by atoms with Crippen molar-refractivity contribution in [2.75, 3.05) is 6.61 Å². The van der Waals surface area contributed by atoms with E-state index in [0.29, 0.717) is 13.0 Å². The van der Waals surface area contributed by atoms with Gasteiger partial charge in [0, 0.05) is 4.83 Å². The molecule has 0 aromatic heterocycles. The molecule has 0 aromatic carbocycles. The van der Waals surface area contributed by atoms with Gasteiger partial charge in [-0.05, 0) is 6.42 Å². The van der Waals surface area contributed by atoms with Gasteiger partial charge in [-0.1, -0.05) is 61.9 Å². The molecule has 0 saturated carbocycles. The van der Waals surface area contributed by atoms with Crippen LogP contribution >= 0.6 is 15.9 Å². The van der Waals surface area contributed by atoms with Crippen molar-refractivity contribution >= 4 is 21.9 Å². The van der Waals surface area contributed by atoms with E-state index in [1.807, 2.05) is 6.92 Å². The molecule has 15 heavy (non-hydrogen) atoms. The molecule has 0 radical (unpaired) electrons. The zero-order chi connectivity index (χ0) is 11.5. The van der Waals surface area contributed by atoms with Gasteiger partial charge in [-0.25, -0.2) is 0 Å². The first-order chi connectivity index (χ1) is 7.16. The van der Waals surface area contributed by atoms with Crippen molar-refractivity contribution < 1.29 is 9.53 Å². The summed E-state index contributed by atoms with van der Waals surface area (Å²) in [4.78, 5) is 11.4. The van der Waals surface area contributed by atoms with Crippen molar-refractivity contribution in [3.05, 3.63) is 0 Å². The van der Waals surface area contributed by atoms with Crippen molar-refractivity contribution in [1.29, 1.82) is 0 Å². The first-order valence-electron chi connectivity index (χ1n) is 5.96. The van der Waals surface area contributed by atoms with Gasteiger partial charge in [0.1, 0.15) is 0 Å². The fourth-order valence-corrected chi connectivity index (χ4v) is 1.62. The number of rotatable bonds is 9. The zero-order valence-electron chi connectivity index (χ0n) is 9.93. The molecule has 0 spiro atoms. The average molecular weight is 279 g/mol. The molecule has 0 aliphatic heterocycles. The van der Waals surface area contributed by atoms with Gasteiger partial charge in [-0.2, -0.15) is 0 Å². The zero-order valence-corrected chi connectivity index (χ0v) is 11.5. The molecule has 0 bridgehead atoms. The van der Waals surface area contributed by atoms with E-state index in [1.54, 1.807) is 0 Å². The first-order valence-corrected chi connectivity index (χ1v) is 6.88. The molecule has 3 heteroatoms. The summed E-state index contributed by atoms with van der Waals surface area (Å²) in [5.41, 5.74) is 0. The molecule has 0 aliphatic carbocycles. The maximum absolute atomic E-state index is 11.1. The summed E-state index contributed by atoms with van der Waals surface area (Å²) in [5, 5.41) is 0. The average Bonchev–Trinajstić information content (AvgIpc) is 2.15. The van der Waals surface area contributed by atoms with E-state index in [0.717, 1.165) is 6.42 Å². The molecule has 0 amide bonds. The Morgan fingerprint density at radius 1 is 1.20 bits per heavy atom. The highest BCUT2D eigenvalue weighted by Crippen LogP contribution is 2.07. The van der Waals surface area contributed by atoms with Crippen LogP contribution in [0.25, 0.3) is 0 Å². The number of carbonyl (C=O) groups excluding carboxylic acids is 1. The standard InChI is InChI=1S/C12H23BrO2/c1-3-4-5-6-7-8-9-15-12(14)10-11(2)13/h11H,3-10H2,1-2H3. The van der Waals surface area contributed by atoms with E-state index in [4.69, 9.17) is 4.74 Å². The summed E-state index contributed by atoms with van der Waals surface area (Å²) >= 11 is 3.33. The Morgan fingerprint density at radius 2 is 1.80 bits per heavy atom. The molecule has 0 fully saturated rings. The van der Waals surface area contributed by atoms with Gasteiger partial charge in [0.2, 0.25) is 0 Å². The van der Waals surface area contributed by atoms with Crippen LogP contribution in [0.1, 0.15) is 58.8 Å². The van der Waals surface area contributed by atoms with Gasteiger partial charge in [-0.15, -0.1) is 0 Å². The van der Waals surface area contributed by atoms with Crippen LogP contribution < -0.4 is 0 Å². The van der Waals surface area contributed by atoms with Crippen molar-refractivity contribution in [3.8, 4) is 0 Å². The van der Waals surface area contributed by atoms with E-state index in [-0.39, 0.29) is 10.8 Å². The lowest BCUT2D eigenvalue weighted by Crippen LogP contribution is -2.09. The van der Waals surface area contributed by atoms with Gasteiger partial charge < -0.3 is 4.74 Å². The van der Waals surface area contributed by atoms with Crippen LogP contribution in [-0.2, 0) is 9.53 Å². The van der Waals surface area contributed by atoms with Crippen molar-refractivity contribution in [2.45, 2.75) is 63.6 Å². The molecule has 0 aliphatic rings. The number of esters is 1. The molecule has 90 valence electrons. The van der Waals surface area contributed by atoms with Crippen LogP contribution in [0.3, 0.4) is 0 Å². The van der Waals surface area contributed by atoms with Gasteiger partial charge in [0.05, 0.1) is 13.0 Å². The number of unbranched alkanes of at least 4 members (excludes halogenated alkanes) is 5. The minimum atomic E-state index is -0.0899. The number of alkyl halides is 1. The van der Waals surface area contributed by atoms with Crippen molar-refractivity contribution in [1.82, 2.24) is 0 Å². The molecule has 0 heterocycles. The van der Waals surface area contributed by atoms with Crippen LogP contribution in [0.5, 0.6) is 0 Å². The number of ether oxygens (including phenoxy) is 1. The second-order valence-electron chi connectivity index (χ2n) is 3.97. The van der Waals surface area contributed by atoms with Crippen LogP contribution in [0.4, 0.5) is 0 Å². The van der Waals surface area contributed by atoms with Gasteiger partial charge in [0.25, 0.3) is 0 Å². The van der Waals surface area contributed by atoms with E-state index in [2.05, 4.69) is 22.9 Å². The maximum atomic E-state index is 11.1. The molecule has 2 nitrogen and oxygen atoms in total. The fourth-order valence-electron chi connectivity index (χ4n) is 1.36. The normalized spacial score (nSPS) is 12.5. The molecular formula is C12H23BrO2. The number of halogens is 1. The number of carbonyl (C=O) groups is 1. The Labute approximate surface area is 102 Å². The third kappa shape index (κ3) is 11.9. The lowest BCUT2D eigenvalue weighted by Gasteiger charge is -2.05. The van der Waals surface area contributed by atoms with E-state index in [9.17, 15) is 4.79 Å². The second kappa shape index (κ2) is 10.5. The topological polar surface area (TPSA) is 26.3 Å². The first kappa shape index (κ1) is 14.9. The summed E-state index contributed by atoms with van der Waals surface area (Å²) in [6, 6.07) is 0. The Morgan fingerprint density at radius 3 is 2.40 bits per heavy atom. The van der Waals surface area contributed by atoms with Crippen molar-refractivity contribution in [2.24, 2.45) is 0 Å². The predicted octanol–water partition coefficient (Wildman–Crippen LogP) is 4.06. The second-order valence-corrected chi connectivity index (χ2v) is 5.54. The van der Waals surface area contributed by atoms with Gasteiger partial charge in [0.15, 0.2) is 0 Å². The van der Waals surface area contributed by atoms with Crippen molar-refractivity contribution in [3.63, 3.8) is 0 Å². The molecule has 1 unspecified atom stereocenters. The smallest absolute Gasteiger partial charge is 0.306 e. The summed E-state index contributed by atoms with van der Waals surface area (Å²) < 4.78 is 5.09. The quantitative estimate of drug-likeness (QED) is 0.361. The molecule has 1 atom stereocenters. The van der Waals surface area contributed by atoms with E-state index in [1.165, 1.54) is 32.1 Å². The highest BCUT2D eigenvalue weighted by molar-refractivity contribution is 9.09. The lowest BCUT2D eigenvalue weighted by molar-refractivity contribution is -0.143. The monoisotopic (exact) mass is 278 g/mol. The third-order valence-corrected chi connectivity index (χ3v) is 2.53. The Hall–Kier alpha value is -0.0500.